The van der Waals surface area contributed by atoms with Gasteiger partial charge < -0.3 is 9.84 Å². The van der Waals surface area contributed by atoms with Gasteiger partial charge in [-0.05, 0) is 37.0 Å². The summed E-state index contributed by atoms with van der Waals surface area (Å²) in [5.41, 5.74) is 3.41. The van der Waals surface area contributed by atoms with Gasteiger partial charge in [0.25, 0.3) is 11.8 Å². The zero-order chi connectivity index (χ0) is 17.7. The van der Waals surface area contributed by atoms with E-state index in [9.17, 15) is 9.59 Å². The molecule has 0 aliphatic carbocycles. The predicted octanol–water partition coefficient (Wildman–Crippen LogP) is 2.15. The summed E-state index contributed by atoms with van der Waals surface area (Å²) in [4.78, 5) is 27.2. The van der Waals surface area contributed by atoms with E-state index in [2.05, 4.69) is 0 Å². The number of benzene rings is 1. The zero-order valence-electron chi connectivity index (χ0n) is 14.3. The van der Waals surface area contributed by atoms with Gasteiger partial charge in [0, 0.05) is 26.0 Å². The maximum atomic E-state index is 12.8. The number of hydrogen-bond acceptors (Lipinski definition) is 5. The number of imide groups is 1. The number of carbonyl (C=O) groups is 2. The summed E-state index contributed by atoms with van der Waals surface area (Å²) < 4.78 is 5.00. The predicted molar refractivity (Wildman–Crippen MR) is 95.6 cm³/mol. The van der Waals surface area contributed by atoms with E-state index in [0.717, 1.165) is 16.7 Å². The number of methoxy groups -OCH3 is 1. The number of aryl methyl sites for hydroxylation is 2. The number of nitrogens with zero attached hydrogens (tertiary/aromatic N) is 1. The molecule has 1 heterocycles. The number of hydrogen-bond donors (Lipinski definition) is 1. The Hall–Kier alpha value is -1.63. The molecule has 1 aromatic carbocycles. The van der Waals surface area contributed by atoms with Crippen LogP contribution in [0.15, 0.2) is 23.1 Å². The fourth-order valence-corrected chi connectivity index (χ4v) is 3.44. The van der Waals surface area contributed by atoms with E-state index >= 15 is 0 Å². The molecule has 5 nitrogen and oxygen atoms in total. The monoisotopic (exact) mass is 349 g/mol. The molecule has 2 rings (SSSR count). The van der Waals surface area contributed by atoms with Crippen LogP contribution in [0.5, 0.6) is 0 Å². The van der Waals surface area contributed by atoms with Gasteiger partial charge in [0.05, 0.1) is 17.1 Å². The maximum absolute atomic E-state index is 12.8. The van der Waals surface area contributed by atoms with Crippen molar-refractivity contribution in [2.45, 2.75) is 20.3 Å². The van der Waals surface area contributed by atoms with Crippen molar-refractivity contribution >= 4 is 29.1 Å². The molecule has 1 aromatic rings. The van der Waals surface area contributed by atoms with Gasteiger partial charge in [0.1, 0.15) is 0 Å². The zero-order valence-corrected chi connectivity index (χ0v) is 15.1. The number of aliphatic hydroxyl groups excluding tert-OH is 1. The molecular formula is C18H23NO4S. The van der Waals surface area contributed by atoms with Gasteiger partial charge in [-0.25, -0.2) is 0 Å². The fourth-order valence-electron chi connectivity index (χ4n) is 2.56. The largest absolute Gasteiger partial charge is 0.396 e. The highest BCUT2D eigenvalue weighted by molar-refractivity contribution is 8.04. The van der Waals surface area contributed by atoms with Crippen LogP contribution in [0.2, 0.25) is 0 Å². The van der Waals surface area contributed by atoms with Crippen molar-refractivity contribution in [3.05, 3.63) is 39.8 Å². The Morgan fingerprint density at radius 3 is 2.54 bits per heavy atom. The third-order valence-electron chi connectivity index (χ3n) is 3.99. The molecule has 2 amide bonds. The average molecular weight is 349 g/mol. The van der Waals surface area contributed by atoms with Crippen LogP contribution in [0.3, 0.4) is 0 Å². The Labute approximate surface area is 146 Å². The Morgan fingerprint density at radius 2 is 1.92 bits per heavy atom. The standard InChI is InChI=1S/C18H23NO4S/c1-12-5-6-14(11-13(12)2)15-16(24-10-8-20)18(22)19(17(15)21)7-4-9-23-3/h5-6,11,20H,4,7-10H2,1-3H3. The van der Waals surface area contributed by atoms with Crippen LogP contribution in [-0.2, 0) is 14.3 Å². The van der Waals surface area contributed by atoms with Crippen LogP contribution in [0.1, 0.15) is 23.1 Å². The summed E-state index contributed by atoms with van der Waals surface area (Å²) in [6.07, 6.45) is 0.603. The van der Waals surface area contributed by atoms with E-state index in [4.69, 9.17) is 9.84 Å². The van der Waals surface area contributed by atoms with Crippen molar-refractivity contribution < 1.29 is 19.4 Å². The average Bonchev–Trinajstić information content (AvgIpc) is 2.79. The molecule has 6 heteroatoms. The SMILES string of the molecule is COCCCN1C(=O)C(SCCO)=C(c2ccc(C)c(C)c2)C1=O. The van der Waals surface area contributed by atoms with E-state index < -0.39 is 0 Å². The number of ether oxygens (including phenoxy) is 1. The molecule has 0 atom stereocenters. The molecule has 0 saturated heterocycles. The van der Waals surface area contributed by atoms with Gasteiger partial charge in [0.2, 0.25) is 0 Å². The van der Waals surface area contributed by atoms with Gasteiger partial charge >= 0.3 is 0 Å². The molecule has 1 aliphatic rings. The molecule has 1 aliphatic heterocycles. The second kappa shape index (κ2) is 8.46. The first-order valence-electron chi connectivity index (χ1n) is 7.92. The van der Waals surface area contributed by atoms with Crippen molar-refractivity contribution in [3.63, 3.8) is 0 Å². The van der Waals surface area contributed by atoms with E-state index in [1.54, 1.807) is 7.11 Å². The minimum atomic E-state index is -0.275. The molecule has 0 bridgehead atoms. The molecule has 0 unspecified atom stereocenters. The van der Waals surface area contributed by atoms with Crippen LogP contribution in [0.25, 0.3) is 5.57 Å². The highest BCUT2D eigenvalue weighted by Gasteiger charge is 2.38. The Bertz CT molecular complexity index is 669. The van der Waals surface area contributed by atoms with Gasteiger partial charge in [-0.15, -0.1) is 11.8 Å². The summed E-state index contributed by atoms with van der Waals surface area (Å²) in [7, 11) is 1.59. The molecule has 0 spiro atoms. The topological polar surface area (TPSA) is 66.8 Å². The van der Waals surface area contributed by atoms with E-state index in [1.807, 2.05) is 32.0 Å². The number of rotatable bonds is 8. The first-order valence-corrected chi connectivity index (χ1v) is 8.90. The van der Waals surface area contributed by atoms with Crippen LogP contribution < -0.4 is 0 Å². The lowest BCUT2D eigenvalue weighted by Gasteiger charge is -2.14. The quantitative estimate of drug-likeness (QED) is 0.575. The minimum absolute atomic E-state index is 0.0421. The van der Waals surface area contributed by atoms with Gasteiger partial charge in [-0.3, -0.25) is 14.5 Å². The number of carbonyl (C=O) groups excluding carboxylic acids is 2. The molecule has 1 N–H and O–H groups in total. The van der Waals surface area contributed by atoms with Crippen LogP contribution in [0, 0.1) is 13.8 Å². The summed E-state index contributed by atoms with van der Waals surface area (Å²) in [6.45, 7) is 4.78. The summed E-state index contributed by atoms with van der Waals surface area (Å²) >= 11 is 1.24. The van der Waals surface area contributed by atoms with Gasteiger partial charge in [-0.2, -0.15) is 0 Å². The second-order valence-corrected chi connectivity index (χ2v) is 6.79. The number of aliphatic hydroxyl groups is 1. The highest BCUT2D eigenvalue weighted by Crippen LogP contribution is 2.36. The van der Waals surface area contributed by atoms with Gasteiger partial charge in [0.15, 0.2) is 0 Å². The first-order chi connectivity index (χ1) is 11.5. The second-order valence-electron chi connectivity index (χ2n) is 5.68. The van der Waals surface area contributed by atoms with Crippen LogP contribution in [-0.4, -0.2) is 54.4 Å². The van der Waals surface area contributed by atoms with Crippen molar-refractivity contribution in [3.8, 4) is 0 Å². The molecule has 0 aromatic heterocycles. The minimum Gasteiger partial charge on any atom is -0.396 e. The molecule has 24 heavy (non-hydrogen) atoms. The summed E-state index contributed by atoms with van der Waals surface area (Å²) in [5.74, 6) is -0.156. The third kappa shape index (κ3) is 3.88. The van der Waals surface area contributed by atoms with Crippen LogP contribution in [0.4, 0.5) is 0 Å². The lowest BCUT2D eigenvalue weighted by molar-refractivity contribution is -0.136. The maximum Gasteiger partial charge on any atom is 0.267 e. The van der Waals surface area contributed by atoms with Crippen LogP contribution >= 0.6 is 11.8 Å². The molecular weight excluding hydrogens is 326 g/mol. The molecule has 0 saturated carbocycles. The Kier molecular flexibility index (Phi) is 6.60. The smallest absolute Gasteiger partial charge is 0.267 e. The lowest BCUT2D eigenvalue weighted by atomic mass is 10.0. The third-order valence-corrected chi connectivity index (χ3v) is 5.04. The summed E-state index contributed by atoms with van der Waals surface area (Å²) in [5, 5.41) is 9.09. The Morgan fingerprint density at radius 1 is 1.17 bits per heavy atom. The van der Waals surface area contributed by atoms with Gasteiger partial charge in [-0.1, -0.05) is 18.2 Å². The molecule has 130 valence electrons. The van der Waals surface area contributed by atoms with Crippen molar-refractivity contribution in [1.82, 2.24) is 4.90 Å². The molecule has 0 fully saturated rings. The Balaban J connectivity index is 2.37. The summed E-state index contributed by atoms with van der Waals surface area (Å²) in [6, 6.07) is 5.77. The molecule has 0 radical (unpaired) electrons. The number of amides is 2. The lowest BCUT2D eigenvalue weighted by Crippen LogP contribution is -2.33. The van der Waals surface area contributed by atoms with E-state index in [-0.39, 0.29) is 18.4 Å². The van der Waals surface area contributed by atoms with Crippen molar-refractivity contribution in [2.75, 3.05) is 32.6 Å². The fraction of sp³-hybridized carbons (Fsp3) is 0.444. The van der Waals surface area contributed by atoms with E-state index in [1.165, 1.54) is 16.7 Å². The normalized spacial score (nSPS) is 14.9. The van der Waals surface area contributed by atoms with Crippen molar-refractivity contribution in [2.24, 2.45) is 0 Å². The highest BCUT2D eigenvalue weighted by atomic mass is 32.2. The number of thioether (sulfide) groups is 1. The van der Waals surface area contributed by atoms with E-state index in [0.29, 0.717) is 35.8 Å². The first kappa shape index (κ1) is 18.7. The van der Waals surface area contributed by atoms with Crippen molar-refractivity contribution in [1.29, 1.82) is 0 Å².